The normalized spacial score (nSPS) is 11.2. The van der Waals surface area contributed by atoms with Gasteiger partial charge in [-0.3, -0.25) is 9.36 Å². The number of benzene rings is 2. The lowest BCUT2D eigenvalue weighted by Crippen LogP contribution is -2.22. The molecular formula is C24H24Br2N6O2S. The second kappa shape index (κ2) is 11.4. The maximum absolute atomic E-state index is 11.6. The number of nitrogens with one attached hydrogen (secondary N) is 1. The van der Waals surface area contributed by atoms with Gasteiger partial charge < -0.3 is 19.6 Å². The summed E-state index contributed by atoms with van der Waals surface area (Å²) < 4.78 is 5.56. The van der Waals surface area contributed by atoms with Gasteiger partial charge in [-0.05, 0) is 68.5 Å². The van der Waals surface area contributed by atoms with E-state index >= 15 is 0 Å². The summed E-state index contributed by atoms with van der Waals surface area (Å²) in [5.74, 6) is 0.537. The van der Waals surface area contributed by atoms with Crippen molar-refractivity contribution in [3.63, 3.8) is 0 Å². The van der Waals surface area contributed by atoms with Crippen molar-refractivity contribution in [2.75, 3.05) is 43.4 Å². The molecule has 11 heteroatoms. The third-order valence-corrected chi connectivity index (χ3v) is 6.97. The molecule has 2 aromatic heterocycles. The van der Waals surface area contributed by atoms with Gasteiger partial charge in [0.25, 0.3) is 0 Å². The Morgan fingerprint density at radius 1 is 1.09 bits per heavy atom. The Morgan fingerprint density at radius 2 is 1.86 bits per heavy atom. The Hall–Kier alpha value is -2.60. The number of aliphatic carboxylic acids is 1. The smallest absolute Gasteiger partial charge is 0.324 e. The molecule has 0 bridgehead atoms. The van der Waals surface area contributed by atoms with Gasteiger partial charge in [0.1, 0.15) is 12.4 Å². The molecule has 0 atom stereocenters. The van der Waals surface area contributed by atoms with Crippen LogP contribution in [0.5, 0.6) is 0 Å². The van der Waals surface area contributed by atoms with E-state index < -0.39 is 5.97 Å². The number of carbonyl (C=O) groups is 1. The third-order valence-electron chi connectivity index (χ3n) is 5.04. The van der Waals surface area contributed by atoms with Gasteiger partial charge in [0.05, 0.1) is 17.9 Å². The van der Waals surface area contributed by atoms with Gasteiger partial charge in [-0.25, -0.2) is 9.97 Å². The zero-order valence-corrected chi connectivity index (χ0v) is 23.1. The fourth-order valence-electron chi connectivity index (χ4n) is 3.44. The molecule has 0 aliphatic heterocycles. The van der Waals surface area contributed by atoms with E-state index in [-0.39, 0.29) is 6.54 Å². The molecule has 4 rings (SSSR count). The number of likely N-dealkylation sites (N-methyl/N-ethyl adjacent to an activating group) is 1. The summed E-state index contributed by atoms with van der Waals surface area (Å²) >= 11 is 8.36. The van der Waals surface area contributed by atoms with Gasteiger partial charge >= 0.3 is 5.97 Å². The number of halogens is 2. The monoisotopic (exact) mass is 618 g/mol. The fraction of sp³-hybridized carbons (Fsp3) is 0.208. The Bertz CT molecular complexity index is 1310. The summed E-state index contributed by atoms with van der Waals surface area (Å²) in [7, 11) is 4.05. The molecule has 0 spiro atoms. The van der Waals surface area contributed by atoms with Crippen LogP contribution >= 0.6 is 43.8 Å². The van der Waals surface area contributed by atoms with Crippen LogP contribution in [0.15, 0.2) is 74.9 Å². The van der Waals surface area contributed by atoms with Crippen LogP contribution in [0.2, 0.25) is 0 Å². The largest absolute Gasteiger partial charge is 0.480 e. The van der Waals surface area contributed by atoms with Gasteiger partial charge in [0, 0.05) is 44.2 Å². The second-order valence-electron chi connectivity index (χ2n) is 8.05. The van der Waals surface area contributed by atoms with Crippen LogP contribution in [-0.2, 0) is 4.79 Å². The SMILES string of the molecule is CN(C)CCNc1cnc(-n2ccc3cc(N(CC(=O)O)Sc4cc(Br)cc(Br)c4)ccc32)cn1. The van der Waals surface area contributed by atoms with E-state index in [1.807, 2.05) is 67.3 Å². The van der Waals surface area contributed by atoms with E-state index in [2.05, 4.69) is 52.0 Å². The summed E-state index contributed by atoms with van der Waals surface area (Å²) in [6.07, 6.45) is 5.41. The quantitative estimate of drug-likeness (QED) is 0.225. The van der Waals surface area contributed by atoms with E-state index in [1.54, 1.807) is 16.7 Å². The van der Waals surface area contributed by atoms with Gasteiger partial charge in [0.2, 0.25) is 0 Å². The number of nitrogens with zero attached hydrogens (tertiary/aromatic N) is 5. The number of aromatic nitrogens is 3. The Labute approximate surface area is 224 Å². The van der Waals surface area contributed by atoms with E-state index in [0.29, 0.717) is 5.82 Å². The first-order valence-electron chi connectivity index (χ1n) is 10.7. The van der Waals surface area contributed by atoms with Crippen molar-refractivity contribution >= 4 is 72.2 Å². The maximum Gasteiger partial charge on any atom is 0.324 e. The highest BCUT2D eigenvalue weighted by molar-refractivity contribution is 9.11. The van der Waals surface area contributed by atoms with Crippen LogP contribution in [0, 0.1) is 0 Å². The highest BCUT2D eigenvalue weighted by atomic mass is 79.9. The molecule has 0 aliphatic rings. The first kappa shape index (κ1) is 25.5. The number of fused-ring (bicyclic) bond motifs is 1. The number of carboxylic acids is 1. The highest BCUT2D eigenvalue weighted by Crippen LogP contribution is 2.34. The number of anilines is 2. The minimum Gasteiger partial charge on any atom is -0.480 e. The molecule has 182 valence electrons. The summed E-state index contributed by atoms with van der Waals surface area (Å²) in [5.41, 5.74) is 1.76. The predicted molar refractivity (Wildman–Crippen MR) is 149 cm³/mol. The van der Waals surface area contributed by atoms with Crippen molar-refractivity contribution in [2.24, 2.45) is 0 Å². The lowest BCUT2D eigenvalue weighted by molar-refractivity contribution is -0.135. The second-order valence-corrected chi connectivity index (χ2v) is 11.0. The molecule has 0 fully saturated rings. The lowest BCUT2D eigenvalue weighted by atomic mass is 10.2. The van der Waals surface area contributed by atoms with Crippen LogP contribution in [0.25, 0.3) is 16.7 Å². The van der Waals surface area contributed by atoms with Crippen molar-refractivity contribution in [1.82, 2.24) is 19.4 Å². The maximum atomic E-state index is 11.6. The van der Waals surface area contributed by atoms with E-state index in [1.165, 1.54) is 11.9 Å². The minimum absolute atomic E-state index is 0.144. The van der Waals surface area contributed by atoms with Crippen molar-refractivity contribution in [2.45, 2.75) is 4.90 Å². The number of hydrogen-bond acceptors (Lipinski definition) is 7. The Kier molecular flexibility index (Phi) is 8.32. The van der Waals surface area contributed by atoms with Gasteiger partial charge in [0.15, 0.2) is 5.82 Å². The summed E-state index contributed by atoms with van der Waals surface area (Å²) in [5, 5.41) is 13.7. The lowest BCUT2D eigenvalue weighted by Gasteiger charge is -2.22. The van der Waals surface area contributed by atoms with Crippen LogP contribution < -0.4 is 9.62 Å². The highest BCUT2D eigenvalue weighted by Gasteiger charge is 2.15. The van der Waals surface area contributed by atoms with Gasteiger partial charge in [-0.15, -0.1) is 0 Å². The molecule has 0 amide bonds. The summed E-state index contributed by atoms with van der Waals surface area (Å²) in [6.45, 7) is 1.55. The zero-order valence-electron chi connectivity index (χ0n) is 19.2. The van der Waals surface area contributed by atoms with E-state index in [0.717, 1.165) is 49.3 Å². The van der Waals surface area contributed by atoms with Crippen LogP contribution in [0.4, 0.5) is 11.5 Å². The van der Waals surface area contributed by atoms with Crippen molar-refractivity contribution in [3.05, 3.63) is 70.0 Å². The Morgan fingerprint density at radius 3 is 2.51 bits per heavy atom. The molecule has 2 N–H and O–H groups in total. The molecule has 0 unspecified atom stereocenters. The molecule has 4 aromatic rings. The molecule has 2 aromatic carbocycles. The first-order chi connectivity index (χ1) is 16.8. The first-order valence-corrected chi connectivity index (χ1v) is 13.1. The van der Waals surface area contributed by atoms with Gasteiger partial charge in [-0.2, -0.15) is 0 Å². The summed E-state index contributed by atoms with van der Waals surface area (Å²) in [6, 6.07) is 13.7. The third kappa shape index (κ3) is 6.75. The van der Waals surface area contributed by atoms with Crippen LogP contribution in [0.1, 0.15) is 0 Å². The zero-order chi connectivity index (χ0) is 24.9. The molecule has 0 saturated heterocycles. The molecule has 0 saturated carbocycles. The number of hydrogen-bond donors (Lipinski definition) is 2. The molecule has 2 heterocycles. The van der Waals surface area contributed by atoms with Crippen LogP contribution in [-0.4, -0.2) is 64.2 Å². The molecule has 35 heavy (non-hydrogen) atoms. The Balaban J connectivity index is 1.57. The topological polar surface area (TPSA) is 86.5 Å². The molecule has 0 aliphatic carbocycles. The number of rotatable bonds is 10. The molecule has 0 radical (unpaired) electrons. The van der Waals surface area contributed by atoms with Crippen LogP contribution in [0.3, 0.4) is 0 Å². The fourth-order valence-corrected chi connectivity index (χ4v) is 6.04. The van der Waals surface area contributed by atoms with Crippen molar-refractivity contribution < 1.29 is 9.90 Å². The summed E-state index contributed by atoms with van der Waals surface area (Å²) in [4.78, 5) is 23.6. The minimum atomic E-state index is -0.904. The molecule has 8 nitrogen and oxygen atoms in total. The van der Waals surface area contributed by atoms with E-state index in [4.69, 9.17) is 0 Å². The van der Waals surface area contributed by atoms with E-state index in [9.17, 15) is 9.90 Å². The molecular weight excluding hydrogens is 596 g/mol. The standard InChI is InChI=1S/C24H24Br2N6O2S/c1-30(2)8-6-27-22-13-29-23(14-28-22)31-7-5-16-9-19(3-4-21(16)31)32(15-24(33)34)35-20-11-17(25)10-18(26)12-20/h3-5,7,9-14H,6,8,15H2,1-2H3,(H,27,28)(H,33,34). The average molecular weight is 620 g/mol. The van der Waals surface area contributed by atoms with Crippen molar-refractivity contribution in [3.8, 4) is 5.82 Å². The van der Waals surface area contributed by atoms with Gasteiger partial charge in [-0.1, -0.05) is 31.9 Å². The number of carboxylic acid groups (broad SMARTS) is 1. The van der Waals surface area contributed by atoms with Crippen molar-refractivity contribution in [1.29, 1.82) is 0 Å². The predicted octanol–water partition coefficient (Wildman–Crippen LogP) is 5.52. The average Bonchev–Trinajstić information content (AvgIpc) is 3.21.